The lowest BCUT2D eigenvalue weighted by Gasteiger charge is -2.32. The fraction of sp³-hybridized carbons (Fsp3) is 0.235. The molecule has 0 spiro atoms. The van der Waals surface area contributed by atoms with Crippen LogP contribution in [0.4, 0.5) is 5.69 Å². The van der Waals surface area contributed by atoms with Crippen molar-refractivity contribution in [1.29, 1.82) is 0 Å². The van der Waals surface area contributed by atoms with E-state index in [0.29, 0.717) is 5.69 Å². The maximum Gasteiger partial charge on any atom is 0.246 e. The zero-order valence-corrected chi connectivity index (χ0v) is 15.5. The van der Waals surface area contributed by atoms with E-state index >= 15 is 0 Å². The molecule has 1 aliphatic rings. The number of carbonyl (C=O) groups is 1. The Morgan fingerprint density at radius 1 is 1.08 bits per heavy atom. The molecule has 26 heavy (non-hydrogen) atoms. The first-order chi connectivity index (χ1) is 12.4. The summed E-state index contributed by atoms with van der Waals surface area (Å²) in [5.74, 6) is -0.746. The van der Waals surface area contributed by atoms with E-state index in [0.717, 1.165) is 9.79 Å². The summed E-state index contributed by atoms with van der Waals surface area (Å²) >= 11 is 1.42. The number of anilines is 1. The molecule has 2 aromatic rings. The molecule has 0 aliphatic carbocycles. The second kappa shape index (κ2) is 7.67. The van der Waals surface area contributed by atoms with E-state index in [1.54, 1.807) is 12.1 Å². The van der Waals surface area contributed by atoms with Crippen LogP contribution in [0.25, 0.3) is 0 Å². The molecule has 1 fully saturated rings. The molecule has 7 nitrogen and oxygen atoms in total. The smallest absolute Gasteiger partial charge is 0.246 e. The summed E-state index contributed by atoms with van der Waals surface area (Å²) in [4.78, 5) is 13.8. The van der Waals surface area contributed by atoms with E-state index in [-0.39, 0.29) is 0 Å². The van der Waals surface area contributed by atoms with Gasteiger partial charge in [0, 0.05) is 15.8 Å². The van der Waals surface area contributed by atoms with E-state index < -0.39 is 33.6 Å². The van der Waals surface area contributed by atoms with E-state index in [9.17, 15) is 18.3 Å². The molecule has 1 aliphatic heterocycles. The number of hydrogen-bond donors (Lipinski definition) is 4. The van der Waals surface area contributed by atoms with Crippen LogP contribution in [0.1, 0.15) is 6.92 Å². The molecular formula is C17H19N3O4S2. The van der Waals surface area contributed by atoms with Crippen LogP contribution >= 0.6 is 11.8 Å². The lowest BCUT2D eigenvalue weighted by molar-refractivity contribution is -0.127. The van der Waals surface area contributed by atoms with Crippen LogP contribution in [0, 0.1) is 0 Å². The number of hydrogen-bond acceptors (Lipinski definition) is 6. The number of aliphatic hydroxyl groups excluding tert-OH is 1. The Kier molecular flexibility index (Phi) is 5.52. The highest BCUT2D eigenvalue weighted by molar-refractivity contribution is 7.99. The molecule has 3 unspecified atom stereocenters. The molecule has 3 atom stereocenters. The molecule has 0 aromatic heterocycles. The fourth-order valence-corrected chi connectivity index (χ4v) is 5.27. The molecule has 0 saturated carbocycles. The summed E-state index contributed by atoms with van der Waals surface area (Å²) in [5.41, 5.74) is 0.396. The zero-order chi connectivity index (χ0) is 18.7. The molecule has 2 aromatic carbocycles. The maximum atomic E-state index is 12.8. The predicted molar refractivity (Wildman–Crippen MR) is 100 cm³/mol. The van der Waals surface area contributed by atoms with Gasteiger partial charge in [-0.15, -0.1) is 0 Å². The lowest BCUT2D eigenvalue weighted by atomic mass is 10.2. The third-order valence-electron chi connectivity index (χ3n) is 3.86. The first-order valence-corrected chi connectivity index (χ1v) is 10.3. The van der Waals surface area contributed by atoms with Gasteiger partial charge in [-0.1, -0.05) is 42.1 Å². The standard InChI is InChI=1S/C17H19N3O4S2/c1-11-15(16(21)19-17(22)18-11)26(23,24)20-13-9-5-6-10-14(13)25-12-7-3-2-4-8-12/h2-11,15,17-18,20,22H,1H3,(H,19,21). The number of benzene rings is 2. The van der Waals surface area contributed by atoms with Crippen molar-refractivity contribution in [3.63, 3.8) is 0 Å². The summed E-state index contributed by atoms with van der Waals surface area (Å²) in [6, 6.07) is 15.8. The maximum absolute atomic E-state index is 12.8. The number of aliphatic hydroxyl groups is 1. The third kappa shape index (κ3) is 4.18. The number of para-hydroxylation sites is 1. The summed E-state index contributed by atoms with van der Waals surface area (Å²) in [6.07, 6.45) is -1.26. The van der Waals surface area contributed by atoms with Crippen molar-refractivity contribution < 1.29 is 18.3 Å². The Morgan fingerprint density at radius 3 is 2.42 bits per heavy atom. The highest BCUT2D eigenvalue weighted by Crippen LogP contribution is 2.34. The summed E-state index contributed by atoms with van der Waals surface area (Å²) < 4.78 is 28.1. The predicted octanol–water partition coefficient (Wildman–Crippen LogP) is 1.33. The average Bonchev–Trinajstić information content (AvgIpc) is 2.56. The molecule has 1 amide bonds. The number of carbonyl (C=O) groups excluding carboxylic acids is 1. The summed E-state index contributed by atoms with van der Waals surface area (Å²) in [6.45, 7) is 1.54. The minimum absolute atomic E-state index is 0.396. The van der Waals surface area contributed by atoms with E-state index in [4.69, 9.17) is 0 Å². The Hall–Kier alpha value is -2.07. The van der Waals surface area contributed by atoms with Crippen LogP contribution in [0.2, 0.25) is 0 Å². The lowest BCUT2D eigenvalue weighted by Crippen LogP contribution is -2.65. The average molecular weight is 393 g/mol. The van der Waals surface area contributed by atoms with E-state index in [1.807, 2.05) is 42.5 Å². The van der Waals surface area contributed by atoms with Crippen LogP contribution in [0.15, 0.2) is 64.4 Å². The molecule has 9 heteroatoms. The van der Waals surface area contributed by atoms with Gasteiger partial charge in [0.1, 0.15) is 0 Å². The van der Waals surface area contributed by atoms with E-state index in [1.165, 1.54) is 18.7 Å². The second-order valence-corrected chi connectivity index (χ2v) is 8.76. The van der Waals surface area contributed by atoms with Crippen LogP contribution in [-0.2, 0) is 14.8 Å². The van der Waals surface area contributed by atoms with Crippen molar-refractivity contribution in [2.45, 2.75) is 34.4 Å². The van der Waals surface area contributed by atoms with Crippen molar-refractivity contribution >= 4 is 33.4 Å². The Morgan fingerprint density at radius 2 is 1.73 bits per heavy atom. The molecule has 1 saturated heterocycles. The van der Waals surface area contributed by atoms with Crippen LogP contribution in [-0.4, -0.2) is 37.1 Å². The van der Waals surface area contributed by atoms with E-state index in [2.05, 4.69) is 15.4 Å². The number of rotatable bonds is 5. The first-order valence-electron chi connectivity index (χ1n) is 7.95. The van der Waals surface area contributed by atoms with Gasteiger partial charge in [-0.2, -0.15) is 0 Å². The normalized spacial score (nSPS) is 23.3. The highest BCUT2D eigenvalue weighted by atomic mass is 32.2. The summed E-state index contributed by atoms with van der Waals surface area (Å²) in [7, 11) is -4.02. The van der Waals surface area contributed by atoms with Crippen molar-refractivity contribution in [2.24, 2.45) is 0 Å². The Bertz CT molecular complexity index is 890. The Balaban J connectivity index is 1.85. The van der Waals surface area contributed by atoms with Crippen molar-refractivity contribution in [3.05, 3.63) is 54.6 Å². The van der Waals surface area contributed by atoms with Crippen LogP contribution < -0.4 is 15.4 Å². The Labute approximate surface area is 156 Å². The van der Waals surface area contributed by atoms with Gasteiger partial charge in [0.2, 0.25) is 15.9 Å². The number of sulfonamides is 1. The molecule has 3 rings (SSSR count). The molecule has 0 radical (unpaired) electrons. The zero-order valence-electron chi connectivity index (χ0n) is 13.9. The van der Waals surface area contributed by atoms with Gasteiger partial charge in [-0.25, -0.2) is 8.42 Å². The van der Waals surface area contributed by atoms with Gasteiger partial charge in [-0.05, 0) is 31.2 Å². The van der Waals surface area contributed by atoms with Gasteiger partial charge in [0.05, 0.1) is 5.69 Å². The SMILES string of the molecule is CC1NC(O)NC(=O)C1S(=O)(=O)Nc1ccccc1Sc1ccccc1. The quantitative estimate of drug-likeness (QED) is 0.611. The third-order valence-corrected chi connectivity index (χ3v) is 6.74. The van der Waals surface area contributed by atoms with Crippen LogP contribution in [0.5, 0.6) is 0 Å². The van der Waals surface area contributed by atoms with Crippen molar-refractivity contribution in [1.82, 2.24) is 10.6 Å². The van der Waals surface area contributed by atoms with Crippen molar-refractivity contribution in [2.75, 3.05) is 4.72 Å². The van der Waals surface area contributed by atoms with Gasteiger partial charge in [-0.3, -0.25) is 14.8 Å². The minimum Gasteiger partial charge on any atom is -0.361 e. The first kappa shape index (κ1) is 18.7. The molecule has 1 heterocycles. The molecular weight excluding hydrogens is 374 g/mol. The van der Waals surface area contributed by atoms with Gasteiger partial charge < -0.3 is 10.4 Å². The molecule has 4 N–H and O–H groups in total. The highest BCUT2D eigenvalue weighted by Gasteiger charge is 2.42. The molecule has 138 valence electrons. The number of nitrogens with one attached hydrogen (secondary N) is 3. The van der Waals surface area contributed by atoms with Gasteiger partial charge in [0.25, 0.3) is 0 Å². The largest absolute Gasteiger partial charge is 0.361 e. The number of amides is 1. The topological polar surface area (TPSA) is 108 Å². The molecule has 0 bridgehead atoms. The van der Waals surface area contributed by atoms with Gasteiger partial charge >= 0.3 is 0 Å². The van der Waals surface area contributed by atoms with Crippen molar-refractivity contribution in [3.8, 4) is 0 Å². The minimum atomic E-state index is -4.02. The monoisotopic (exact) mass is 393 g/mol. The fourth-order valence-electron chi connectivity index (χ4n) is 2.70. The summed E-state index contributed by atoms with van der Waals surface area (Å²) in [5, 5.41) is 12.9. The second-order valence-electron chi connectivity index (χ2n) is 5.85. The van der Waals surface area contributed by atoms with Crippen LogP contribution in [0.3, 0.4) is 0 Å². The van der Waals surface area contributed by atoms with Gasteiger partial charge in [0.15, 0.2) is 11.6 Å².